The molecule has 3 N–H and O–H groups in total. The minimum atomic E-state index is -0.0640. The van der Waals surface area contributed by atoms with Crippen molar-refractivity contribution in [1.82, 2.24) is 16.0 Å². The van der Waals surface area contributed by atoms with Crippen molar-refractivity contribution in [3.05, 3.63) is 22.4 Å². The van der Waals surface area contributed by atoms with Crippen molar-refractivity contribution in [3.63, 3.8) is 0 Å². The summed E-state index contributed by atoms with van der Waals surface area (Å²) in [6.45, 7) is 6.15. The van der Waals surface area contributed by atoms with Gasteiger partial charge in [-0.15, -0.1) is 35.3 Å². The van der Waals surface area contributed by atoms with E-state index in [0.717, 1.165) is 13.1 Å². The number of aliphatic imine (C=N–C) groups is 1. The maximum Gasteiger partial charge on any atom is 0.241 e. The number of carbonyl (C=O) groups is 1. The Morgan fingerprint density at radius 2 is 2.00 bits per heavy atom. The maximum atomic E-state index is 11.3. The van der Waals surface area contributed by atoms with E-state index in [1.807, 2.05) is 25.3 Å². The van der Waals surface area contributed by atoms with Crippen LogP contribution in [-0.4, -0.2) is 31.5 Å². The Hall–Kier alpha value is -0.830. The second kappa shape index (κ2) is 11.0. The molecule has 0 unspecified atom stereocenters. The highest BCUT2D eigenvalue weighted by atomic mass is 127. The molecule has 0 fully saturated rings. The summed E-state index contributed by atoms with van der Waals surface area (Å²) in [6, 6.07) is 4.07. The van der Waals surface area contributed by atoms with Gasteiger partial charge in [-0.1, -0.05) is 6.07 Å². The number of likely N-dealkylation sites (N-methyl/N-ethyl adjacent to an activating group) is 1. The zero-order valence-corrected chi connectivity index (χ0v) is 14.4. The molecule has 0 aliphatic carbocycles. The van der Waals surface area contributed by atoms with Crippen molar-refractivity contribution in [2.75, 3.05) is 19.6 Å². The van der Waals surface area contributed by atoms with Crippen LogP contribution in [0.15, 0.2) is 22.5 Å². The molecule has 1 heterocycles. The van der Waals surface area contributed by atoms with Crippen LogP contribution in [0.3, 0.4) is 0 Å². The van der Waals surface area contributed by atoms with Gasteiger partial charge in [0.15, 0.2) is 5.96 Å². The van der Waals surface area contributed by atoms with Gasteiger partial charge in [0.1, 0.15) is 6.54 Å². The minimum absolute atomic E-state index is 0. The molecule has 0 aliphatic rings. The average molecular weight is 396 g/mol. The van der Waals surface area contributed by atoms with Crippen LogP contribution in [0, 0.1) is 0 Å². The predicted molar refractivity (Wildman–Crippen MR) is 91.2 cm³/mol. The number of hydrogen-bond acceptors (Lipinski definition) is 3. The van der Waals surface area contributed by atoms with Crippen LogP contribution in [-0.2, 0) is 11.3 Å². The number of nitrogens with zero attached hydrogens (tertiary/aromatic N) is 1. The van der Waals surface area contributed by atoms with Crippen LogP contribution in [0.4, 0.5) is 0 Å². The van der Waals surface area contributed by atoms with E-state index in [1.54, 1.807) is 11.3 Å². The lowest BCUT2D eigenvalue weighted by Crippen LogP contribution is -2.38. The second-order valence-corrected chi connectivity index (χ2v) is 4.61. The molecule has 108 valence electrons. The summed E-state index contributed by atoms with van der Waals surface area (Å²) >= 11 is 1.69. The van der Waals surface area contributed by atoms with Gasteiger partial charge in [0.25, 0.3) is 0 Å². The number of carbonyl (C=O) groups excluding carboxylic acids is 1. The van der Waals surface area contributed by atoms with Gasteiger partial charge in [0.05, 0.1) is 6.54 Å². The molecule has 5 nitrogen and oxygen atoms in total. The van der Waals surface area contributed by atoms with Crippen molar-refractivity contribution in [2.45, 2.75) is 20.4 Å². The molecule has 0 aromatic carbocycles. The lowest BCUT2D eigenvalue weighted by atomic mass is 10.4. The first kappa shape index (κ1) is 18.2. The Morgan fingerprint density at radius 1 is 1.26 bits per heavy atom. The largest absolute Gasteiger partial charge is 0.357 e. The second-order valence-electron chi connectivity index (χ2n) is 3.58. The minimum Gasteiger partial charge on any atom is -0.357 e. The van der Waals surface area contributed by atoms with Gasteiger partial charge < -0.3 is 16.0 Å². The molecule has 0 radical (unpaired) electrons. The summed E-state index contributed by atoms with van der Waals surface area (Å²) in [7, 11) is 0. The molecule has 1 rings (SSSR count). The number of halogens is 1. The van der Waals surface area contributed by atoms with E-state index in [9.17, 15) is 4.79 Å². The standard InChI is InChI=1S/C12H20N4OS.HI/c1-3-13-11(17)9-16-12(14-4-2)15-8-10-6-5-7-18-10;/h5-7H,3-4,8-9H2,1-2H3,(H,13,17)(H2,14,15,16);1H. The first-order valence-electron chi connectivity index (χ1n) is 6.07. The SMILES string of the molecule is CCNC(=O)CN=C(NCC)NCc1cccs1.I. The summed E-state index contributed by atoms with van der Waals surface area (Å²) in [5, 5.41) is 11.0. The summed E-state index contributed by atoms with van der Waals surface area (Å²) in [5.74, 6) is 0.600. The Kier molecular flexibility index (Phi) is 10.6. The molecule has 0 aliphatic heterocycles. The first-order valence-corrected chi connectivity index (χ1v) is 6.95. The molecule has 1 aromatic rings. The molecule has 19 heavy (non-hydrogen) atoms. The maximum absolute atomic E-state index is 11.3. The number of rotatable bonds is 6. The quantitative estimate of drug-likeness (QED) is 0.389. The molecule has 1 aromatic heterocycles. The fraction of sp³-hybridized carbons (Fsp3) is 0.500. The van der Waals surface area contributed by atoms with E-state index in [4.69, 9.17) is 0 Å². The third kappa shape index (κ3) is 8.04. The van der Waals surface area contributed by atoms with Gasteiger partial charge in [0.2, 0.25) is 5.91 Å². The number of nitrogens with one attached hydrogen (secondary N) is 3. The van der Waals surface area contributed by atoms with Gasteiger partial charge in [-0.2, -0.15) is 0 Å². The Labute approximate surface area is 135 Å². The van der Waals surface area contributed by atoms with E-state index in [1.165, 1.54) is 4.88 Å². The van der Waals surface area contributed by atoms with Crippen molar-refractivity contribution < 1.29 is 4.79 Å². The first-order chi connectivity index (χ1) is 8.76. The van der Waals surface area contributed by atoms with E-state index in [2.05, 4.69) is 27.0 Å². The molecule has 0 bridgehead atoms. The topological polar surface area (TPSA) is 65.5 Å². The number of amides is 1. The monoisotopic (exact) mass is 396 g/mol. The third-order valence-corrected chi connectivity index (χ3v) is 2.99. The Morgan fingerprint density at radius 3 is 2.58 bits per heavy atom. The smallest absolute Gasteiger partial charge is 0.241 e. The van der Waals surface area contributed by atoms with Crippen LogP contribution >= 0.6 is 35.3 Å². The molecule has 0 saturated heterocycles. The highest BCUT2D eigenvalue weighted by Crippen LogP contribution is 2.06. The molecule has 1 amide bonds. The third-order valence-electron chi connectivity index (χ3n) is 2.11. The molecule has 0 spiro atoms. The summed E-state index contributed by atoms with van der Waals surface area (Å²) < 4.78 is 0. The van der Waals surface area contributed by atoms with E-state index in [-0.39, 0.29) is 36.4 Å². The Bertz CT molecular complexity index is 381. The van der Waals surface area contributed by atoms with Gasteiger partial charge in [-0.25, -0.2) is 4.99 Å². The van der Waals surface area contributed by atoms with Gasteiger partial charge in [0, 0.05) is 18.0 Å². The molecule has 0 saturated carbocycles. The van der Waals surface area contributed by atoms with Crippen molar-refractivity contribution in [3.8, 4) is 0 Å². The predicted octanol–water partition coefficient (Wildman–Crippen LogP) is 1.56. The zero-order chi connectivity index (χ0) is 13.2. The van der Waals surface area contributed by atoms with Crippen LogP contribution in [0.2, 0.25) is 0 Å². The average Bonchev–Trinajstić information content (AvgIpc) is 2.86. The Balaban J connectivity index is 0.00000324. The fourth-order valence-electron chi connectivity index (χ4n) is 1.33. The van der Waals surface area contributed by atoms with Crippen molar-refractivity contribution in [1.29, 1.82) is 0 Å². The van der Waals surface area contributed by atoms with Crippen LogP contribution in [0.1, 0.15) is 18.7 Å². The number of thiophene rings is 1. The molecule has 7 heteroatoms. The van der Waals surface area contributed by atoms with Gasteiger partial charge in [-0.05, 0) is 25.3 Å². The number of guanidine groups is 1. The molecular formula is C12H21IN4OS. The van der Waals surface area contributed by atoms with Crippen LogP contribution in [0.25, 0.3) is 0 Å². The summed E-state index contributed by atoms with van der Waals surface area (Å²) in [6.07, 6.45) is 0. The highest BCUT2D eigenvalue weighted by Gasteiger charge is 2.01. The molecule has 0 atom stereocenters. The van der Waals surface area contributed by atoms with E-state index < -0.39 is 0 Å². The van der Waals surface area contributed by atoms with Crippen LogP contribution in [0.5, 0.6) is 0 Å². The summed E-state index contributed by atoms with van der Waals surface area (Å²) in [4.78, 5) is 16.8. The normalized spacial score (nSPS) is 10.5. The lowest BCUT2D eigenvalue weighted by molar-refractivity contribution is -0.119. The zero-order valence-electron chi connectivity index (χ0n) is 11.2. The van der Waals surface area contributed by atoms with E-state index >= 15 is 0 Å². The van der Waals surface area contributed by atoms with E-state index in [0.29, 0.717) is 12.5 Å². The highest BCUT2D eigenvalue weighted by molar-refractivity contribution is 14.0. The fourth-order valence-corrected chi connectivity index (χ4v) is 1.97. The van der Waals surface area contributed by atoms with Gasteiger partial charge in [-0.3, -0.25) is 4.79 Å². The lowest BCUT2D eigenvalue weighted by Gasteiger charge is -2.10. The van der Waals surface area contributed by atoms with Crippen molar-refractivity contribution >= 4 is 47.2 Å². The molecular weight excluding hydrogens is 375 g/mol. The van der Waals surface area contributed by atoms with Crippen molar-refractivity contribution in [2.24, 2.45) is 4.99 Å². The number of hydrogen-bond donors (Lipinski definition) is 3. The summed E-state index contributed by atoms with van der Waals surface area (Å²) in [5.41, 5.74) is 0. The van der Waals surface area contributed by atoms with Crippen LogP contribution < -0.4 is 16.0 Å². The van der Waals surface area contributed by atoms with Gasteiger partial charge >= 0.3 is 0 Å².